The minimum Gasteiger partial charge on any atom is -0.329 e. The van der Waals surface area contributed by atoms with Crippen LogP contribution in [0.3, 0.4) is 0 Å². The fourth-order valence-electron chi connectivity index (χ4n) is 1.42. The summed E-state index contributed by atoms with van der Waals surface area (Å²) < 4.78 is 0. The normalized spacial score (nSPS) is 10.4. The first-order valence-electron chi connectivity index (χ1n) is 5.52. The molecule has 1 aromatic carbocycles. The molecule has 5 nitrogen and oxygen atoms in total. The molecule has 0 saturated heterocycles. The molecule has 0 aliphatic carbocycles. The van der Waals surface area contributed by atoms with Gasteiger partial charge in [0.05, 0.1) is 17.1 Å². The summed E-state index contributed by atoms with van der Waals surface area (Å²) in [6.45, 7) is 1.17. The fourth-order valence-corrected chi connectivity index (χ4v) is 1.64. The Hall–Kier alpha value is -1.43. The molecule has 0 unspecified atom stereocenters. The van der Waals surface area contributed by atoms with E-state index in [2.05, 4.69) is 5.32 Å². The van der Waals surface area contributed by atoms with Gasteiger partial charge in [-0.3, -0.25) is 19.8 Å². The lowest BCUT2D eigenvalue weighted by Crippen LogP contribution is -2.40. The van der Waals surface area contributed by atoms with Gasteiger partial charge in [0.25, 0.3) is 5.91 Å². The second-order valence-corrected chi connectivity index (χ2v) is 4.29. The Morgan fingerprint density at radius 1 is 1.39 bits per heavy atom. The molecule has 0 spiro atoms. The molecular formula is C12H16ClN3O2. The number of nitrogens with one attached hydrogen (secondary N) is 1. The van der Waals surface area contributed by atoms with Crippen molar-refractivity contribution >= 4 is 23.4 Å². The van der Waals surface area contributed by atoms with Crippen LogP contribution >= 0.6 is 11.6 Å². The lowest BCUT2D eigenvalue weighted by Gasteiger charge is -2.14. The molecule has 0 fully saturated rings. The molecule has 0 heterocycles. The van der Waals surface area contributed by atoms with Gasteiger partial charge in [-0.2, -0.15) is 0 Å². The Morgan fingerprint density at radius 3 is 2.67 bits per heavy atom. The van der Waals surface area contributed by atoms with Gasteiger partial charge in [-0.05, 0) is 19.2 Å². The molecule has 98 valence electrons. The maximum Gasteiger partial charge on any atom is 0.259 e. The Labute approximate surface area is 111 Å². The predicted molar refractivity (Wildman–Crippen MR) is 70.5 cm³/mol. The molecular weight excluding hydrogens is 254 g/mol. The van der Waals surface area contributed by atoms with Crippen molar-refractivity contribution < 1.29 is 9.59 Å². The lowest BCUT2D eigenvalue weighted by molar-refractivity contribution is -0.120. The van der Waals surface area contributed by atoms with Crippen LogP contribution in [0.5, 0.6) is 0 Å². The Morgan fingerprint density at radius 2 is 2.06 bits per heavy atom. The van der Waals surface area contributed by atoms with Gasteiger partial charge in [0.1, 0.15) is 0 Å². The van der Waals surface area contributed by atoms with E-state index in [0.717, 1.165) is 0 Å². The van der Waals surface area contributed by atoms with E-state index in [9.17, 15) is 9.59 Å². The zero-order chi connectivity index (χ0) is 13.5. The van der Waals surface area contributed by atoms with Crippen LogP contribution in [0.25, 0.3) is 0 Å². The summed E-state index contributed by atoms with van der Waals surface area (Å²) in [5.74, 6) is -0.873. The van der Waals surface area contributed by atoms with Crippen molar-refractivity contribution in [3.05, 3.63) is 34.9 Å². The molecule has 1 rings (SSSR count). The average Bonchev–Trinajstić information content (AvgIpc) is 2.29. The van der Waals surface area contributed by atoms with Crippen LogP contribution in [0.1, 0.15) is 10.4 Å². The first-order valence-corrected chi connectivity index (χ1v) is 5.89. The number of amides is 2. The zero-order valence-electron chi connectivity index (χ0n) is 10.1. The van der Waals surface area contributed by atoms with Gasteiger partial charge >= 0.3 is 0 Å². The molecule has 0 aliphatic rings. The number of hydrogen-bond donors (Lipinski definition) is 2. The second-order valence-electron chi connectivity index (χ2n) is 3.88. The van der Waals surface area contributed by atoms with Crippen LogP contribution in [0, 0.1) is 0 Å². The number of hydrogen-bond acceptors (Lipinski definition) is 4. The fraction of sp³-hybridized carbons (Fsp3) is 0.333. The van der Waals surface area contributed by atoms with Crippen molar-refractivity contribution in [2.75, 3.05) is 26.7 Å². The standard InChI is InChI=1S/C12H16ClN3O2/c1-16(7-6-14)8-11(17)15-12(18)9-4-2-3-5-10(9)13/h2-5H,6-8,14H2,1H3,(H,15,17,18). The molecule has 18 heavy (non-hydrogen) atoms. The maximum absolute atomic E-state index is 11.8. The third-order valence-electron chi connectivity index (χ3n) is 2.30. The van der Waals surface area contributed by atoms with Gasteiger partial charge in [-0.25, -0.2) is 0 Å². The summed E-state index contributed by atoms with van der Waals surface area (Å²) in [4.78, 5) is 25.1. The molecule has 0 aromatic heterocycles. The Balaban J connectivity index is 2.55. The number of nitrogens with zero attached hydrogens (tertiary/aromatic N) is 1. The highest BCUT2D eigenvalue weighted by atomic mass is 35.5. The van der Waals surface area contributed by atoms with Crippen LogP contribution in [0.2, 0.25) is 5.02 Å². The quantitative estimate of drug-likeness (QED) is 0.816. The van der Waals surface area contributed by atoms with Crippen molar-refractivity contribution in [1.82, 2.24) is 10.2 Å². The van der Waals surface area contributed by atoms with Crippen LogP contribution < -0.4 is 11.1 Å². The topological polar surface area (TPSA) is 75.4 Å². The lowest BCUT2D eigenvalue weighted by atomic mass is 10.2. The Bertz CT molecular complexity index is 437. The van der Waals surface area contributed by atoms with Crippen molar-refractivity contribution in [2.45, 2.75) is 0 Å². The summed E-state index contributed by atoms with van der Waals surface area (Å²) in [6, 6.07) is 6.57. The summed E-state index contributed by atoms with van der Waals surface area (Å²) in [5, 5.41) is 2.60. The van der Waals surface area contributed by atoms with Gasteiger partial charge in [0.15, 0.2) is 0 Å². The third-order valence-corrected chi connectivity index (χ3v) is 2.63. The van der Waals surface area contributed by atoms with Gasteiger partial charge in [0.2, 0.25) is 5.91 Å². The van der Waals surface area contributed by atoms with E-state index >= 15 is 0 Å². The van der Waals surface area contributed by atoms with Crippen molar-refractivity contribution in [3.8, 4) is 0 Å². The number of imide groups is 1. The van der Waals surface area contributed by atoms with Crippen LogP contribution in [0.4, 0.5) is 0 Å². The molecule has 3 N–H and O–H groups in total. The number of carbonyl (C=O) groups is 2. The molecule has 6 heteroatoms. The third kappa shape index (κ3) is 4.44. The van der Waals surface area contributed by atoms with Gasteiger partial charge in [0, 0.05) is 13.1 Å². The maximum atomic E-state index is 11.8. The van der Waals surface area contributed by atoms with E-state index in [-0.39, 0.29) is 18.0 Å². The van der Waals surface area contributed by atoms with E-state index in [0.29, 0.717) is 18.1 Å². The number of benzene rings is 1. The van der Waals surface area contributed by atoms with Crippen molar-refractivity contribution in [3.63, 3.8) is 0 Å². The van der Waals surface area contributed by atoms with Gasteiger partial charge in [-0.15, -0.1) is 0 Å². The minimum atomic E-state index is -0.494. The summed E-state index contributed by atoms with van der Waals surface area (Å²) in [7, 11) is 1.76. The van der Waals surface area contributed by atoms with E-state index in [1.807, 2.05) is 0 Å². The van der Waals surface area contributed by atoms with Gasteiger partial charge < -0.3 is 5.73 Å². The summed E-state index contributed by atoms with van der Waals surface area (Å²) in [6.07, 6.45) is 0. The van der Waals surface area contributed by atoms with E-state index < -0.39 is 5.91 Å². The molecule has 0 bridgehead atoms. The molecule has 2 amide bonds. The van der Waals surface area contributed by atoms with Crippen LogP contribution in [-0.2, 0) is 4.79 Å². The highest BCUT2D eigenvalue weighted by Crippen LogP contribution is 2.14. The number of carbonyl (C=O) groups excluding carboxylic acids is 2. The minimum absolute atomic E-state index is 0.118. The molecule has 0 radical (unpaired) electrons. The second kappa shape index (κ2) is 7.10. The van der Waals surface area contributed by atoms with Gasteiger partial charge in [-0.1, -0.05) is 23.7 Å². The number of halogens is 1. The Kier molecular flexibility index (Phi) is 5.77. The number of likely N-dealkylation sites (N-methyl/N-ethyl adjacent to an activating group) is 1. The number of nitrogens with two attached hydrogens (primary N) is 1. The van der Waals surface area contributed by atoms with Crippen molar-refractivity contribution in [1.29, 1.82) is 0 Å². The summed E-state index contributed by atoms with van der Waals surface area (Å²) in [5.41, 5.74) is 5.65. The summed E-state index contributed by atoms with van der Waals surface area (Å²) >= 11 is 5.86. The molecule has 0 aliphatic heterocycles. The van der Waals surface area contributed by atoms with E-state index in [4.69, 9.17) is 17.3 Å². The SMILES string of the molecule is CN(CCN)CC(=O)NC(=O)c1ccccc1Cl. The van der Waals surface area contributed by atoms with Crippen molar-refractivity contribution in [2.24, 2.45) is 5.73 Å². The smallest absolute Gasteiger partial charge is 0.259 e. The highest BCUT2D eigenvalue weighted by Gasteiger charge is 2.14. The monoisotopic (exact) mass is 269 g/mol. The first-order chi connectivity index (χ1) is 8.54. The molecule has 1 aromatic rings. The molecule has 0 saturated carbocycles. The number of rotatable bonds is 5. The van der Waals surface area contributed by atoms with Crippen LogP contribution in [0.15, 0.2) is 24.3 Å². The molecule has 0 atom stereocenters. The van der Waals surface area contributed by atoms with E-state index in [1.54, 1.807) is 36.2 Å². The van der Waals surface area contributed by atoms with E-state index in [1.165, 1.54) is 0 Å². The largest absolute Gasteiger partial charge is 0.329 e. The highest BCUT2D eigenvalue weighted by molar-refractivity contribution is 6.34. The average molecular weight is 270 g/mol. The zero-order valence-corrected chi connectivity index (χ0v) is 10.9. The van der Waals surface area contributed by atoms with Crippen LogP contribution in [-0.4, -0.2) is 43.4 Å². The predicted octanol–water partition coefficient (Wildman–Crippen LogP) is 0.487. The first kappa shape index (κ1) is 14.6.